The molecular weight excluding hydrogens is 300 g/mol. The van der Waals surface area contributed by atoms with Gasteiger partial charge in [-0.05, 0) is 44.5 Å². The number of carbonyl (C=O) groups is 1. The molecule has 1 aliphatic heterocycles. The van der Waals surface area contributed by atoms with Gasteiger partial charge in [0.25, 0.3) is 5.91 Å². The van der Waals surface area contributed by atoms with Crippen molar-refractivity contribution in [3.63, 3.8) is 0 Å². The number of piperidine rings is 1. The van der Waals surface area contributed by atoms with E-state index in [2.05, 4.69) is 11.9 Å². The highest BCUT2D eigenvalue weighted by Crippen LogP contribution is 2.23. The second-order valence-electron chi connectivity index (χ2n) is 5.39. The third-order valence-electron chi connectivity index (χ3n) is 3.87. The lowest BCUT2D eigenvalue weighted by atomic mass is 9.96. The summed E-state index contributed by atoms with van der Waals surface area (Å²) in [6.07, 6.45) is 3.80. The maximum atomic E-state index is 12.7. The Morgan fingerprint density at radius 3 is 2.73 bits per heavy atom. The number of hydrogen-bond donors (Lipinski definition) is 1. The first kappa shape index (κ1) is 18.5. The van der Waals surface area contributed by atoms with E-state index < -0.39 is 0 Å². The zero-order valence-corrected chi connectivity index (χ0v) is 13.9. The van der Waals surface area contributed by atoms with E-state index in [0.29, 0.717) is 23.8 Å². The summed E-state index contributed by atoms with van der Waals surface area (Å²) in [7, 11) is 1.98. The molecule has 122 valence electrons. The second-order valence-corrected chi connectivity index (χ2v) is 5.39. The number of carbonyl (C=O) groups excluding carboxylic acids is 1. The summed E-state index contributed by atoms with van der Waals surface area (Å²) in [5.74, 6) is 1.38. The minimum atomic E-state index is 0. The van der Waals surface area contributed by atoms with Gasteiger partial charge in [-0.2, -0.15) is 0 Å². The van der Waals surface area contributed by atoms with Gasteiger partial charge in [0, 0.05) is 13.1 Å². The third kappa shape index (κ3) is 4.75. The first-order valence-corrected chi connectivity index (χ1v) is 7.53. The minimum Gasteiger partial charge on any atom is -0.489 e. The third-order valence-corrected chi connectivity index (χ3v) is 3.87. The summed E-state index contributed by atoms with van der Waals surface area (Å²) in [4.78, 5) is 14.6. The van der Waals surface area contributed by atoms with Gasteiger partial charge in [0.15, 0.2) is 0 Å². The van der Waals surface area contributed by atoms with Crippen molar-refractivity contribution in [1.82, 2.24) is 10.2 Å². The zero-order chi connectivity index (χ0) is 15.1. The number of amides is 1. The number of likely N-dealkylation sites (tertiary alicyclic amines) is 1. The predicted octanol–water partition coefficient (Wildman–Crippen LogP) is 2.74. The standard InChI is InChI=1S/C17H24N2O2.ClH/c1-3-12-21-16-7-5-4-6-15(16)17(20)19-10-8-14(9-11-19)13-18-2;/h3-7,14,18H,1,8-13H2,2H3;1H. The van der Waals surface area contributed by atoms with E-state index in [1.807, 2.05) is 36.2 Å². The van der Waals surface area contributed by atoms with Gasteiger partial charge in [0.2, 0.25) is 0 Å². The first-order chi connectivity index (χ1) is 10.3. The Morgan fingerprint density at radius 1 is 1.41 bits per heavy atom. The smallest absolute Gasteiger partial charge is 0.257 e. The summed E-state index contributed by atoms with van der Waals surface area (Å²) in [5, 5.41) is 3.21. The fourth-order valence-electron chi connectivity index (χ4n) is 2.72. The molecule has 0 aliphatic carbocycles. The number of para-hydroxylation sites is 1. The van der Waals surface area contributed by atoms with Gasteiger partial charge in [-0.15, -0.1) is 12.4 Å². The van der Waals surface area contributed by atoms with Crippen LogP contribution in [0.5, 0.6) is 5.75 Å². The molecule has 1 heterocycles. The van der Waals surface area contributed by atoms with Crippen LogP contribution in [0, 0.1) is 5.92 Å². The number of nitrogens with zero attached hydrogens (tertiary/aromatic N) is 1. The van der Waals surface area contributed by atoms with Gasteiger partial charge < -0.3 is 15.0 Å². The van der Waals surface area contributed by atoms with E-state index in [0.717, 1.165) is 32.5 Å². The average molecular weight is 325 g/mol. The summed E-state index contributed by atoms with van der Waals surface area (Å²) >= 11 is 0. The molecule has 0 radical (unpaired) electrons. The summed E-state index contributed by atoms with van der Waals surface area (Å²) in [6.45, 7) is 6.72. The van der Waals surface area contributed by atoms with Gasteiger partial charge in [-0.1, -0.05) is 24.8 Å². The van der Waals surface area contributed by atoms with Crippen LogP contribution in [0.2, 0.25) is 0 Å². The fraction of sp³-hybridized carbons (Fsp3) is 0.471. The lowest BCUT2D eigenvalue weighted by molar-refractivity contribution is 0.0687. The maximum Gasteiger partial charge on any atom is 0.257 e. The molecule has 1 aliphatic rings. The Labute approximate surface area is 138 Å². The van der Waals surface area contributed by atoms with Crippen molar-refractivity contribution >= 4 is 18.3 Å². The van der Waals surface area contributed by atoms with Gasteiger partial charge in [0.05, 0.1) is 5.56 Å². The van der Waals surface area contributed by atoms with Crippen molar-refractivity contribution < 1.29 is 9.53 Å². The van der Waals surface area contributed by atoms with E-state index in [-0.39, 0.29) is 18.3 Å². The molecule has 5 heteroatoms. The molecule has 0 bridgehead atoms. The Kier molecular flexibility index (Phi) is 7.99. The van der Waals surface area contributed by atoms with Crippen LogP contribution in [-0.2, 0) is 0 Å². The molecule has 0 atom stereocenters. The highest BCUT2D eigenvalue weighted by molar-refractivity contribution is 5.97. The molecule has 1 aromatic carbocycles. The fourth-order valence-corrected chi connectivity index (χ4v) is 2.72. The lowest BCUT2D eigenvalue weighted by Gasteiger charge is -2.32. The van der Waals surface area contributed by atoms with Crippen LogP contribution in [0.1, 0.15) is 23.2 Å². The van der Waals surface area contributed by atoms with Crippen LogP contribution in [0.25, 0.3) is 0 Å². The topological polar surface area (TPSA) is 41.6 Å². The molecule has 0 saturated carbocycles. The van der Waals surface area contributed by atoms with Crippen LogP contribution < -0.4 is 10.1 Å². The minimum absolute atomic E-state index is 0. The van der Waals surface area contributed by atoms with Gasteiger partial charge in [0.1, 0.15) is 12.4 Å². The number of halogens is 1. The molecule has 2 rings (SSSR count). The molecule has 1 amide bonds. The van der Waals surface area contributed by atoms with Crippen molar-refractivity contribution in [3.05, 3.63) is 42.5 Å². The molecule has 1 fully saturated rings. The van der Waals surface area contributed by atoms with Crippen molar-refractivity contribution in [3.8, 4) is 5.75 Å². The quantitative estimate of drug-likeness (QED) is 0.818. The van der Waals surface area contributed by atoms with E-state index in [1.54, 1.807) is 6.08 Å². The van der Waals surface area contributed by atoms with Gasteiger partial charge >= 0.3 is 0 Å². The summed E-state index contributed by atoms with van der Waals surface area (Å²) < 4.78 is 5.58. The van der Waals surface area contributed by atoms with Crippen LogP contribution in [0.15, 0.2) is 36.9 Å². The van der Waals surface area contributed by atoms with Gasteiger partial charge in [-0.3, -0.25) is 4.79 Å². The van der Waals surface area contributed by atoms with Crippen molar-refractivity contribution in [2.75, 3.05) is 33.3 Å². The number of nitrogens with one attached hydrogen (secondary N) is 1. The predicted molar refractivity (Wildman–Crippen MR) is 91.9 cm³/mol. The zero-order valence-electron chi connectivity index (χ0n) is 13.1. The van der Waals surface area contributed by atoms with Crippen LogP contribution >= 0.6 is 12.4 Å². The van der Waals surface area contributed by atoms with Gasteiger partial charge in [-0.25, -0.2) is 0 Å². The molecule has 0 unspecified atom stereocenters. The highest BCUT2D eigenvalue weighted by Gasteiger charge is 2.24. The molecule has 4 nitrogen and oxygen atoms in total. The number of hydrogen-bond acceptors (Lipinski definition) is 3. The normalized spacial score (nSPS) is 15.0. The second kappa shape index (κ2) is 9.49. The number of rotatable bonds is 6. The van der Waals surface area contributed by atoms with Crippen LogP contribution in [0.4, 0.5) is 0 Å². The van der Waals surface area contributed by atoms with E-state index in [1.165, 1.54) is 0 Å². The molecule has 1 aromatic rings. The maximum absolute atomic E-state index is 12.7. The molecule has 0 spiro atoms. The van der Waals surface area contributed by atoms with Crippen LogP contribution in [-0.4, -0.2) is 44.1 Å². The SMILES string of the molecule is C=CCOc1ccccc1C(=O)N1CCC(CNC)CC1.Cl. The molecule has 1 saturated heterocycles. The van der Waals surface area contributed by atoms with Crippen molar-refractivity contribution in [1.29, 1.82) is 0 Å². The Balaban J connectivity index is 0.00000242. The highest BCUT2D eigenvalue weighted by atomic mass is 35.5. The number of benzene rings is 1. The van der Waals surface area contributed by atoms with Crippen molar-refractivity contribution in [2.45, 2.75) is 12.8 Å². The van der Waals surface area contributed by atoms with Crippen LogP contribution in [0.3, 0.4) is 0 Å². The summed E-state index contributed by atoms with van der Waals surface area (Å²) in [6, 6.07) is 7.43. The molecule has 22 heavy (non-hydrogen) atoms. The first-order valence-electron chi connectivity index (χ1n) is 7.53. The molecular formula is C17H25ClN2O2. The van der Waals surface area contributed by atoms with E-state index >= 15 is 0 Å². The number of ether oxygens (including phenoxy) is 1. The monoisotopic (exact) mass is 324 g/mol. The molecule has 0 aromatic heterocycles. The summed E-state index contributed by atoms with van der Waals surface area (Å²) in [5.41, 5.74) is 0.645. The van der Waals surface area contributed by atoms with E-state index in [4.69, 9.17) is 4.74 Å². The molecule has 1 N–H and O–H groups in total. The Hall–Kier alpha value is -1.52. The van der Waals surface area contributed by atoms with Crippen molar-refractivity contribution in [2.24, 2.45) is 5.92 Å². The average Bonchev–Trinajstić information content (AvgIpc) is 2.53. The van der Waals surface area contributed by atoms with E-state index in [9.17, 15) is 4.79 Å². The largest absolute Gasteiger partial charge is 0.489 e. The lowest BCUT2D eigenvalue weighted by Crippen LogP contribution is -2.40. The Bertz CT molecular complexity index is 485. The Morgan fingerprint density at radius 2 is 2.09 bits per heavy atom.